The van der Waals surface area contributed by atoms with Gasteiger partial charge in [-0.05, 0) is 35.6 Å². The van der Waals surface area contributed by atoms with Gasteiger partial charge in [0.1, 0.15) is 5.82 Å². The van der Waals surface area contributed by atoms with Crippen LogP contribution in [0.25, 0.3) is 0 Å². The molecule has 0 bridgehead atoms. The normalized spacial score (nSPS) is 12.2. The summed E-state index contributed by atoms with van der Waals surface area (Å²) in [7, 11) is 1.31. The third-order valence-corrected chi connectivity index (χ3v) is 4.17. The van der Waals surface area contributed by atoms with E-state index in [-0.39, 0.29) is 17.8 Å². The van der Waals surface area contributed by atoms with Crippen LogP contribution in [0.1, 0.15) is 35.1 Å². The number of hydrogen-bond donors (Lipinski definition) is 1. The second-order valence-corrected chi connectivity index (χ2v) is 6.04. The lowest BCUT2D eigenvalue weighted by Gasteiger charge is -2.23. The molecule has 21 heavy (non-hydrogen) atoms. The molecule has 1 aromatic heterocycles. The van der Waals surface area contributed by atoms with Gasteiger partial charge in [0.25, 0.3) is 0 Å². The van der Waals surface area contributed by atoms with E-state index in [0.29, 0.717) is 11.3 Å². The molecule has 0 aliphatic rings. The van der Waals surface area contributed by atoms with Crippen molar-refractivity contribution in [1.29, 1.82) is 0 Å². The standard InChI is InChI=1S/C16H18FNO2S/c1-10(2)15(14-5-4-8-21-14)18-13-9-11(17)6-7-12(13)16(19)20-3/h4-10,15,18H,1-3H3. The van der Waals surface area contributed by atoms with Crippen molar-refractivity contribution in [2.24, 2.45) is 5.92 Å². The highest BCUT2D eigenvalue weighted by molar-refractivity contribution is 7.10. The van der Waals surface area contributed by atoms with Gasteiger partial charge in [0.05, 0.1) is 24.4 Å². The molecule has 0 spiro atoms. The average Bonchev–Trinajstić information content (AvgIpc) is 2.97. The first-order valence-electron chi connectivity index (χ1n) is 6.70. The minimum atomic E-state index is -0.480. The molecule has 0 saturated carbocycles. The largest absolute Gasteiger partial charge is 0.465 e. The van der Waals surface area contributed by atoms with Crippen molar-refractivity contribution in [1.82, 2.24) is 0 Å². The molecule has 5 heteroatoms. The SMILES string of the molecule is COC(=O)c1ccc(F)cc1NC(c1cccs1)C(C)C. The molecule has 2 rings (SSSR count). The minimum Gasteiger partial charge on any atom is -0.465 e. The fourth-order valence-corrected chi connectivity index (χ4v) is 3.08. The molecule has 1 atom stereocenters. The Morgan fingerprint density at radius 1 is 1.33 bits per heavy atom. The van der Waals surface area contributed by atoms with Crippen LogP contribution in [0.3, 0.4) is 0 Å². The summed E-state index contributed by atoms with van der Waals surface area (Å²) in [5, 5.41) is 5.27. The number of halogens is 1. The van der Waals surface area contributed by atoms with Crippen LogP contribution in [0.15, 0.2) is 35.7 Å². The lowest BCUT2D eigenvalue weighted by Crippen LogP contribution is -2.18. The first kappa shape index (κ1) is 15.5. The molecule has 0 saturated heterocycles. The lowest BCUT2D eigenvalue weighted by molar-refractivity contribution is 0.0601. The van der Waals surface area contributed by atoms with Gasteiger partial charge in [-0.25, -0.2) is 9.18 Å². The Labute approximate surface area is 127 Å². The molecule has 0 amide bonds. The van der Waals surface area contributed by atoms with Crippen LogP contribution in [0.4, 0.5) is 10.1 Å². The Morgan fingerprint density at radius 2 is 2.10 bits per heavy atom. The predicted molar refractivity (Wildman–Crippen MR) is 83.3 cm³/mol. The maximum Gasteiger partial charge on any atom is 0.339 e. The van der Waals surface area contributed by atoms with Gasteiger partial charge < -0.3 is 10.1 Å². The van der Waals surface area contributed by atoms with Gasteiger partial charge in [-0.3, -0.25) is 0 Å². The monoisotopic (exact) mass is 307 g/mol. The maximum atomic E-state index is 13.5. The van der Waals surface area contributed by atoms with Crippen LogP contribution in [-0.4, -0.2) is 13.1 Å². The second kappa shape index (κ2) is 6.72. The molecule has 3 nitrogen and oxygen atoms in total. The zero-order chi connectivity index (χ0) is 15.4. The molecule has 0 fully saturated rings. The van der Waals surface area contributed by atoms with E-state index in [1.807, 2.05) is 17.5 Å². The van der Waals surface area contributed by atoms with Crippen molar-refractivity contribution >= 4 is 23.0 Å². The third-order valence-electron chi connectivity index (χ3n) is 3.21. The number of benzene rings is 1. The van der Waals surface area contributed by atoms with Crippen LogP contribution in [0.5, 0.6) is 0 Å². The summed E-state index contributed by atoms with van der Waals surface area (Å²) < 4.78 is 18.3. The molecule has 1 N–H and O–H groups in total. The van der Waals surface area contributed by atoms with E-state index in [2.05, 4.69) is 19.2 Å². The Balaban J connectivity index is 2.36. The van der Waals surface area contributed by atoms with Gasteiger partial charge in [0, 0.05) is 4.88 Å². The van der Waals surface area contributed by atoms with Crippen LogP contribution < -0.4 is 5.32 Å². The van der Waals surface area contributed by atoms with Gasteiger partial charge in [0.15, 0.2) is 0 Å². The van der Waals surface area contributed by atoms with Crippen LogP contribution in [-0.2, 0) is 4.74 Å². The zero-order valence-electron chi connectivity index (χ0n) is 12.2. The van der Waals surface area contributed by atoms with E-state index < -0.39 is 5.97 Å². The second-order valence-electron chi connectivity index (χ2n) is 5.06. The van der Waals surface area contributed by atoms with E-state index in [1.165, 1.54) is 25.3 Å². The maximum absolute atomic E-state index is 13.5. The number of esters is 1. The van der Waals surface area contributed by atoms with Gasteiger partial charge >= 0.3 is 5.97 Å². The fraction of sp³-hybridized carbons (Fsp3) is 0.312. The number of methoxy groups -OCH3 is 1. The fourth-order valence-electron chi connectivity index (χ4n) is 2.13. The minimum absolute atomic E-state index is 0.00945. The number of nitrogens with one attached hydrogen (secondary N) is 1. The Kier molecular flexibility index (Phi) is 4.96. The summed E-state index contributed by atoms with van der Waals surface area (Å²) in [4.78, 5) is 12.9. The number of thiophene rings is 1. The number of anilines is 1. The molecule has 0 radical (unpaired) electrons. The number of rotatable bonds is 5. The molecule has 0 aliphatic heterocycles. The molecule has 0 aliphatic carbocycles. The van der Waals surface area contributed by atoms with Crippen molar-refractivity contribution in [3.05, 3.63) is 52.0 Å². The van der Waals surface area contributed by atoms with Crippen molar-refractivity contribution in [2.45, 2.75) is 19.9 Å². The van der Waals surface area contributed by atoms with Crippen molar-refractivity contribution in [2.75, 3.05) is 12.4 Å². The Hall–Kier alpha value is -1.88. The van der Waals surface area contributed by atoms with Crippen LogP contribution in [0.2, 0.25) is 0 Å². The topological polar surface area (TPSA) is 38.3 Å². The highest BCUT2D eigenvalue weighted by Gasteiger charge is 2.20. The number of carbonyl (C=O) groups is 1. The Bertz CT molecular complexity index is 611. The van der Waals surface area contributed by atoms with Crippen molar-refractivity contribution in [3.8, 4) is 0 Å². The highest BCUT2D eigenvalue weighted by Crippen LogP contribution is 2.31. The zero-order valence-corrected chi connectivity index (χ0v) is 13.0. The van der Waals surface area contributed by atoms with Crippen molar-refractivity contribution < 1.29 is 13.9 Å². The van der Waals surface area contributed by atoms with E-state index in [9.17, 15) is 9.18 Å². The summed E-state index contributed by atoms with van der Waals surface area (Å²) in [6.45, 7) is 4.16. The first-order chi connectivity index (χ1) is 10.0. The molecule has 2 aromatic rings. The smallest absolute Gasteiger partial charge is 0.339 e. The summed E-state index contributed by atoms with van der Waals surface area (Å²) in [5.41, 5.74) is 0.787. The van der Waals surface area contributed by atoms with E-state index in [1.54, 1.807) is 11.3 Å². The number of hydrogen-bond acceptors (Lipinski definition) is 4. The molecule has 112 valence electrons. The summed E-state index contributed by atoms with van der Waals surface area (Å²) >= 11 is 1.63. The van der Waals surface area contributed by atoms with E-state index >= 15 is 0 Å². The van der Waals surface area contributed by atoms with Crippen LogP contribution in [0, 0.1) is 11.7 Å². The summed E-state index contributed by atoms with van der Waals surface area (Å²) in [5.74, 6) is -0.581. The lowest BCUT2D eigenvalue weighted by atomic mass is 10.0. The molecular formula is C16H18FNO2S. The summed E-state index contributed by atoms with van der Waals surface area (Å²) in [6.07, 6.45) is 0. The Morgan fingerprint density at radius 3 is 2.67 bits per heavy atom. The van der Waals surface area contributed by atoms with Gasteiger partial charge in [-0.1, -0.05) is 19.9 Å². The highest BCUT2D eigenvalue weighted by atomic mass is 32.1. The summed E-state index contributed by atoms with van der Waals surface area (Å²) in [6, 6.07) is 8.04. The van der Waals surface area contributed by atoms with Crippen molar-refractivity contribution in [3.63, 3.8) is 0 Å². The van der Waals surface area contributed by atoms with E-state index in [4.69, 9.17) is 4.74 Å². The van der Waals surface area contributed by atoms with E-state index in [0.717, 1.165) is 4.88 Å². The molecule has 1 unspecified atom stereocenters. The van der Waals surface area contributed by atoms with Gasteiger partial charge in [0.2, 0.25) is 0 Å². The average molecular weight is 307 g/mol. The molecule has 1 heterocycles. The number of ether oxygens (including phenoxy) is 1. The number of carbonyl (C=O) groups excluding carboxylic acids is 1. The predicted octanol–water partition coefficient (Wildman–Crippen LogP) is 4.48. The molecular weight excluding hydrogens is 289 g/mol. The van der Waals surface area contributed by atoms with Gasteiger partial charge in [-0.15, -0.1) is 11.3 Å². The molecule has 1 aromatic carbocycles. The quantitative estimate of drug-likeness (QED) is 0.828. The third kappa shape index (κ3) is 3.61. The van der Waals surface area contributed by atoms with Crippen LogP contribution >= 0.6 is 11.3 Å². The van der Waals surface area contributed by atoms with Gasteiger partial charge in [-0.2, -0.15) is 0 Å². The first-order valence-corrected chi connectivity index (χ1v) is 7.58.